The molecule has 0 aromatic heterocycles. The van der Waals surface area contributed by atoms with Crippen LogP contribution >= 0.6 is 0 Å². The minimum atomic E-state index is -0.288. The Morgan fingerprint density at radius 1 is 1.90 bits per heavy atom. The van der Waals surface area contributed by atoms with Crippen molar-refractivity contribution in [3.05, 3.63) is 12.8 Å². The van der Waals surface area contributed by atoms with Crippen LogP contribution < -0.4 is 0 Å². The summed E-state index contributed by atoms with van der Waals surface area (Å²) in [5.41, 5.74) is 0. The molecule has 0 aromatic rings. The van der Waals surface area contributed by atoms with E-state index in [-0.39, 0.29) is 6.09 Å². The zero-order valence-corrected chi connectivity index (χ0v) is 8.46. The normalized spacial score (nSPS) is 8.90. The standard InChI is InChI=1S/C6H13NO2Si/c1-3-5-7(4-2)6(8)9-10/h4H,2-3,5H2,1,10H3. The first-order chi connectivity index (χ1) is 4.76. The highest BCUT2D eigenvalue weighted by atomic mass is 28.2. The van der Waals surface area contributed by atoms with Gasteiger partial charge in [0, 0.05) is 12.7 Å². The summed E-state index contributed by atoms with van der Waals surface area (Å²) in [5, 5.41) is 0. The van der Waals surface area contributed by atoms with Crippen LogP contribution in [0.2, 0.25) is 0 Å². The maximum atomic E-state index is 10.8. The van der Waals surface area contributed by atoms with Crippen LogP contribution in [0.3, 0.4) is 0 Å². The summed E-state index contributed by atoms with van der Waals surface area (Å²) < 4.78 is 4.61. The molecule has 4 heteroatoms. The van der Waals surface area contributed by atoms with Gasteiger partial charge in [-0.25, -0.2) is 4.79 Å². The SMILES string of the molecule is C=CN(CCC)C(=O)O[SiH3]. The smallest absolute Gasteiger partial charge is 0.399 e. The maximum absolute atomic E-state index is 10.8. The molecule has 3 nitrogen and oxygen atoms in total. The fraction of sp³-hybridized carbons (Fsp3) is 0.500. The Hall–Kier alpha value is -0.773. The summed E-state index contributed by atoms with van der Waals surface area (Å²) in [7, 11) is 0.443. The van der Waals surface area contributed by atoms with Crippen molar-refractivity contribution in [3.8, 4) is 0 Å². The van der Waals surface area contributed by atoms with Gasteiger partial charge in [0.15, 0.2) is 0 Å². The van der Waals surface area contributed by atoms with E-state index in [1.807, 2.05) is 6.92 Å². The van der Waals surface area contributed by atoms with Gasteiger partial charge in [0.2, 0.25) is 10.5 Å². The monoisotopic (exact) mass is 159 g/mol. The predicted octanol–water partition coefficient (Wildman–Crippen LogP) is 0.259. The molecule has 0 saturated heterocycles. The molecule has 0 aliphatic heterocycles. The molecule has 0 radical (unpaired) electrons. The summed E-state index contributed by atoms with van der Waals surface area (Å²) in [6.07, 6.45) is 2.12. The molecule has 0 unspecified atom stereocenters. The molecule has 0 spiro atoms. The average molecular weight is 159 g/mol. The van der Waals surface area contributed by atoms with Crippen molar-refractivity contribution in [1.29, 1.82) is 0 Å². The molecule has 0 bridgehead atoms. The van der Waals surface area contributed by atoms with Gasteiger partial charge in [-0.1, -0.05) is 13.5 Å². The van der Waals surface area contributed by atoms with Crippen molar-refractivity contribution in [2.24, 2.45) is 0 Å². The van der Waals surface area contributed by atoms with Crippen LogP contribution in [0, 0.1) is 0 Å². The lowest BCUT2D eigenvalue weighted by molar-refractivity contribution is 0.174. The lowest BCUT2D eigenvalue weighted by atomic mass is 10.4. The molecular formula is C6H13NO2Si. The van der Waals surface area contributed by atoms with Crippen molar-refractivity contribution in [1.82, 2.24) is 4.90 Å². The third-order valence-electron chi connectivity index (χ3n) is 1.09. The van der Waals surface area contributed by atoms with Crippen LogP contribution in [-0.2, 0) is 4.43 Å². The summed E-state index contributed by atoms with van der Waals surface area (Å²) in [6, 6.07) is 0. The van der Waals surface area contributed by atoms with E-state index in [1.165, 1.54) is 11.1 Å². The second-order valence-electron chi connectivity index (χ2n) is 1.85. The predicted molar refractivity (Wildman–Crippen MR) is 43.6 cm³/mol. The minimum Gasteiger partial charge on any atom is -0.513 e. The molecule has 0 aliphatic carbocycles. The third kappa shape index (κ3) is 2.68. The topological polar surface area (TPSA) is 29.5 Å². The summed E-state index contributed by atoms with van der Waals surface area (Å²) in [6.45, 7) is 6.17. The van der Waals surface area contributed by atoms with Gasteiger partial charge in [-0.05, 0) is 6.42 Å². The van der Waals surface area contributed by atoms with Crippen LogP contribution in [0.15, 0.2) is 12.8 Å². The maximum Gasteiger partial charge on any atom is 0.399 e. The lowest BCUT2D eigenvalue weighted by Crippen LogP contribution is -2.26. The van der Waals surface area contributed by atoms with Crippen molar-refractivity contribution >= 4 is 16.6 Å². The number of carbonyl (C=O) groups excluding carboxylic acids is 1. The van der Waals surface area contributed by atoms with Gasteiger partial charge in [-0.15, -0.1) is 0 Å². The van der Waals surface area contributed by atoms with Crippen LogP contribution in [0.5, 0.6) is 0 Å². The Kier molecular flexibility index (Phi) is 4.66. The van der Waals surface area contributed by atoms with E-state index in [0.717, 1.165) is 6.42 Å². The summed E-state index contributed by atoms with van der Waals surface area (Å²) in [5.74, 6) is 0. The molecule has 0 fully saturated rings. The van der Waals surface area contributed by atoms with Crippen molar-refractivity contribution in [2.75, 3.05) is 6.54 Å². The Labute approximate surface area is 64.2 Å². The molecule has 0 heterocycles. The fourth-order valence-corrected chi connectivity index (χ4v) is 0.850. The molecule has 0 aromatic carbocycles. The van der Waals surface area contributed by atoms with Gasteiger partial charge in [0.1, 0.15) is 0 Å². The average Bonchev–Trinajstić information content (AvgIpc) is 1.99. The van der Waals surface area contributed by atoms with E-state index in [4.69, 9.17) is 0 Å². The minimum absolute atomic E-state index is 0.288. The van der Waals surface area contributed by atoms with Crippen molar-refractivity contribution in [2.45, 2.75) is 13.3 Å². The Bertz CT molecular complexity index is 127. The van der Waals surface area contributed by atoms with E-state index >= 15 is 0 Å². The second kappa shape index (κ2) is 5.05. The number of nitrogens with zero attached hydrogens (tertiary/aromatic N) is 1. The molecule has 10 heavy (non-hydrogen) atoms. The van der Waals surface area contributed by atoms with Crippen LogP contribution in [-0.4, -0.2) is 28.0 Å². The van der Waals surface area contributed by atoms with Crippen LogP contribution in [0.4, 0.5) is 4.79 Å². The number of rotatable bonds is 3. The number of hydrogen-bond acceptors (Lipinski definition) is 2. The highest BCUT2D eigenvalue weighted by Gasteiger charge is 2.05. The Morgan fingerprint density at radius 3 is 2.80 bits per heavy atom. The Balaban J connectivity index is 3.80. The van der Waals surface area contributed by atoms with E-state index in [2.05, 4.69) is 11.0 Å². The zero-order chi connectivity index (χ0) is 7.98. The zero-order valence-electron chi connectivity index (χ0n) is 6.46. The van der Waals surface area contributed by atoms with E-state index in [1.54, 1.807) is 0 Å². The van der Waals surface area contributed by atoms with Crippen LogP contribution in [0.1, 0.15) is 13.3 Å². The molecule has 0 saturated carbocycles. The van der Waals surface area contributed by atoms with E-state index in [9.17, 15) is 4.79 Å². The van der Waals surface area contributed by atoms with Crippen molar-refractivity contribution < 1.29 is 9.22 Å². The largest absolute Gasteiger partial charge is 0.513 e. The van der Waals surface area contributed by atoms with E-state index < -0.39 is 0 Å². The first-order valence-electron chi connectivity index (χ1n) is 3.23. The highest BCUT2D eigenvalue weighted by Crippen LogP contribution is 1.93. The van der Waals surface area contributed by atoms with Gasteiger partial charge in [0.25, 0.3) is 0 Å². The molecule has 0 N–H and O–H groups in total. The van der Waals surface area contributed by atoms with Crippen LogP contribution in [0.25, 0.3) is 0 Å². The van der Waals surface area contributed by atoms with Gasteiger partial charge in [-0.3, -0.25) is 4.90 Å². The first kappa shape index (κ1) is 9.23. The second-order valence-corrected chi connectivity index (χ2v) is 2.25. The highest BCUT2D eigenvalue weighted by molar-refractivity contribution is 6.05. The summed E-state index contributed by atoms with van der Waals surface area (Å²) in [4.78, 5) is 12.3. The molecular weight excluding hydrogens is 146 g/mol. The Morgan fingerprint density at radius 2 is 2.50 bits per heavy atom. The van der Waals surface area contributed by atoms with Crippen molar-refractivity contribution in [3.63, 3.8) is 0 Å². The first-order valence-corrected chi connectivity index (χ1v) is 4.05. The van der Waals surface area contributed by atoms with Gasteiger partial charge in [0.05, 0.1) is 0 Å². The number of hydrogen-bond donors (Lipinski definition) is 0. The van der Waals surface area contributed by atoms with Gasteiger partial charge >= 0.3 is 6.09 Å². The fourth-order valence-electron chi connectivity index (χ4n) is 0.615. The lowest BCUT2D eigenvalue weighted by Gasteiger charge is -2.14. The number of amides is 1. The van der Waals surface area contributed by atoms with Gasteiger partial charge in [-0.2, -0.15) is 0 Å². The molecule has 0 aliphatic rings. The molecule has 0 rings (SSSR count). The van der Waals surface area contributed by atoms with Gasteiger partial charge < -0.3 is 4.43 Å². The molecule has 1 amide bonds. The number of carbonyl (C=O) groups is 1. The molecule has 0 atom stereocenters. The third-order valence-corrected chi connectivity index (χ3v) is 1.44. The quantitative estimate of drug-likeness (QED) is 0.553. The summed E-state index contributed by atoms with van der Waals surface area (Å²) >= 11 is 0. The molecule has 58 valence electrons. The van der Waals surface area contributed by atoms with E-state index in [0.29, 0.717) is 17.0 Å².